The van der Waals surface area contributed by atoms with Crippen molar-refractivity contribution in [3.8, 4) is 5.75 Å². The molecule has 0 atom stereocenters. The zero-order valence-electron chi connectivity index (χ0n) is 8.83. The predicted molar refractivity (Wildman–Crippen MR) is 66.6 cm³/mol. The Kier molecular flexibility index (Phi) is 3.19. The SMILES string of the molecule is Cc1cc(O)ccc1NCc1ccc(Br)o1. The van der Waals surface area contributed by atoms with E-state index in [4.69, 9.17) is 4.42 Å². The van der Waals surface area contributed by atoms with Crippen molar-refractivity contribution in [2.24, 2.45) is 0 Å². The summed E-state index contributed by atoms with van der Waals surface area (Å²) in [5.41, 5.74) is 2.00. The molecule has 0 amide bonds. The summed E-state index contributed by atoms with van der Waals surface area (Å²) in [6.07, 6.45) is 0. The zero-order chi connectivity index (χ0) is 11.5. The van der Waals surface area contributed by atoms with Gasteiger partial charge in [-0.05, 0) is 58.7 Å². The van der Waals surface area contributed by atoms with E-state index in [1.165, 1.54) is 0 Å². The Bertz CT molecular complexity index is 494. The Morgan fingerprint density at radius 3 is 2.75 bits per heavy atom. The fourth-order valence-electron chi connectivity index (χ4n) is 1.48. The smallest absolute Gasteiger partial charge is 0.169 e. The van der Waals surface area contributed by atoms with Gasteiger partial charge in [-0.15, -0.1) is 0 Å². The largest absolute Gasteiger partial charge is 0.508 e. The predicted octanol–water partition coefficient (Wildman–Crippen LogP) is 3.67. The number of hydrogen-bond donors (Lipinski definition) is 2. The average molecular weight is 282 g/mol. The van der Waals surface area contributed by atoms with E-state index in [9.17, 15) is 5.11 Å². The minimum atomic E-state index is 0.281. The molecular formula is C12H12BrNO2. The van der Waals surface area contributed by atoms with Crippen LogP contribution in [0.5, 0.6) is 5.75 Å². The van der Waals surface area contributed by atoms with Gasteiger partial charge in [-0.3, -0.25) is 0 Å². The van der Waals surface area contributed by atoms with Crippen molar-refractivity contribution in [3.63, 3.8) is 0 Å². The molecule has 0 saturated carbocycles. The van der Waals surface area contributed by atoms with Crippen molar-refractivity contribution in [2.75, 3.05) is 5.32 Å². The topological polar surface area (TPSA) is 45.4 Å². The van der Waals surface area contributed by atoms with Gasteiger partial charge in [-0.25, -0.2) is 0 Å². The number of rotatable bonds is 3. The van der Waals surface area contributed by atoms with Crippen LogP contribution >= 0.6 is 15.9 Å². The van der Waals surface area contributed by atoms with Crippen molar-refractivity contribution in [2.45, 2.75) is 13.5 Å². The normalized spacial score (nSPS) is 10.4. The maximum atomic E-state index is 9.27. The summed E-state index contributed by atoms with van der Waals surface area (Å²) in [6.45, 7) is 2.57. The average Bonchev–Trinajstić information content (AvgIpc) is 2.63. The molecule has 84 valence electrons. The van der Waals surface area contributed by atoms with Gasteiger partial charge in [0.2, 0.25) is 0 Å². The van der Waals surface area contributed by atoms with Crippen LogP contribution in [-0.4, -0.2) is 5.11 Å². The highest BCUT2D eigenvalue weighted by atomic mass is 79.9. The van der Waals surface area contributed by atoms with Gasteiger partial charge >= 0.3 is 0 Å². The van der Waals surface area contributed by atoms with E-state index in [2.05, 4.69) is 21.2 Å². The number of benzene rings is 1. The lowest BCUT2D eigenvalue weighted by Gasteiger charge is -2.08. The first-order chi connectivity index (χ1) is 7.65. The molecule has 1 aromatic heterocycles. The van der Waals surface area contributed by atoms with Gasteiger partial charge in [-0.2, -0.15) is 0 Å². The lowest BCUT2D eigenvalue weighted by atomic mass is 10.2. The molecule has 0 spiro atoms. The van der Waals surface area contributed by atoms with E-state index in [0.717, 1.165) is 21.7 Å². The number of aromatic hydroxyl groups is 1. The van der Waals surface area contributed by atoms with Gasteiger partial charge in [0.15, 0.2) is 4.67 Å². The van der Waals surface area contributed by atoms with E-state index in [-0.39, 0.29) is 5.75 Å². The summed E-state index contributed by atoms with van der Waals surface area (Å²) in [7, 11) is 0. The van der Waals surface area contributed by atoms with Crippen molar-refractivity contribution >= 4 is 21.6 Å². The van der Waals surface area contributed by atoms with Crippen LogP contribution in [0.2, 0.25) is 0 Å². The Morgan fingerprint density at radius 1 is 1.31 bits per heavy atom. The molecule has 0 bridgehead atoms. The monoisotopic (exact) mass is 281 g/mol. The summed E-state index contributed by atoms with van der Waals surface area (Å²) >= 11 is 3.25. The van der Waals surface area contributed by atoms with E-state index < -0.39 is 0 Å². The van der Waals surface area contributed by atoms with Crippen LogP contribution in [0.25, 0.3) is 0 Å². The highest BCUT2D eigenvalue weighted by molar-refractivity contribution is 9.10. The molecular weight excluding hydrogens is 270 g/mol. The molecule has 1 heterocycles. The van der Waals surface area contributed by atoms with Crippen molar-refractivity contribution in [1.29, 1.82) is 0 Å². The van der Waals surface area contributed by atoms with Crippen LogP contribution in [-0.2, 0) is 6.54 Å². The molecule has 16 heavy (non-hydrogen) atoms. The summed E-state index contributed by atoms with van der Waals surface area (Å²) < 4.78 is 6.10. The van der Waals surface area contributed by atoms with Crippen LogP contribution in [0, 0.1) is 6.92 Å². The summed E-state index contributed by atoms with van der Waals surface area (Å²) in [5.74, 6) is 1.14. The molecule has 0 radical (unpaired) electrons. The van der Waals surface area contributed by atoms with Crippen LogP contribution in [0.3, 0.4) is 0 Å². The number of halogens is 1. The molecule has 3 nitrogen and oxygen atoms in total. The number of nitrogens with one attached hydrogen (secondary N) is 1. The molecule has 0 aliphatic rings. The highest BCUT2D eigenvalue weighted by Crippen LogP contribution is 2.21. The van der Waals surface area contributed by atoms with E-state index >= 15 is 0 Å². The van der Waals surface area contributed by atoms with Gasteiger partial charge in [0, 0.05) is 5.69 Å². The second kappa shape index (κ2) is 4.61. The van der Waals surface area contributed by atoms with E-state index in [0.29, 0.717) is 6.54 Å². The van der Waals surface area contributed by atoms with E-state index in [1.807, 2.05) is 25.1 Å². The molecule has 2 rings (SSSR count). The summed E-state index contributed by atoms with van der Waals surface area (Å²) in [5, 5.41) is 12.5. The summed E-state index contributed by atoms with van der Waals surface area (Å²) in [6, 6.07) is 9.00. The van der Waals surface area contributed by atoms with Gasteiger partial charge in [0.05, 0.1) is 6.54 Å². The molecule has 0 aliphatic carbocycles. The molecule has 0 fully saturated rings. The molecule has 1 aromatic carbocycles. The quantitative estimate of drug-likeness (QED) is 0.844. The lowest BCUT2D eigenvalue weighted by Crippen LogP contribution is -1.99. The highest BCUT2D eigenvalue weighted by Gasteiger charge is 2.02. The first kappa shape index (κ1) is 11.1. The molecule has 2 aromatic rings. The number of phenolic OH excluding ortho intramolecular Hbond substituents is 1. The van der Waals surface area contributed by atoms with Crippen molar-refractivity contribution in [3.05, 3.63) is 46.3 Å². The maximum absolute atomic E-state index is 9.27. The Balaban J connectivity index is 2.04. The fraction of sp³-hybridized carbons (Fsp3) is 0.167. The number of aryl methyl sites for hydroxylation is 1. The van der Waals surface area contributed by atoms with Gasteiger partial charge < -0.3 is 14.8 Å². The van der Waals surface area contributed by atoms with Crippen LogP contribution in [0.1, 0.15) is 11.3 Å². The summed E-state index contributed by atoms with van der Waals surface area (Å²) in [4.78, 5) is 0. The fourth-order valence-corrected chi connectivity index (χ4v) is 1.82. The first-order valence-corrected chi connectivity index (χ1v) is 5.72. The lowest BCUT2D eigenvalue weighted by molar-refractivity contribution is 0.475. The molecule has 0 unspecified atom stereocenters. The minimum Gasteiger partial charge on any atom is -0.508 e. The van der Waals surface area contributed by atoms with Gasteiger partial charge in [0.25, 0.3) is 0 Å². The molecule has 0 saturated heterocycles. The standard InChI is InChI=1S/C12H12BrNO2/c1-8-6-9(15)2-4-11(8)14-7-10-3-5-12(13)16-10/h2-6,14-15H,7H2,1H3. The van der Waals surface area contributed by atoms with Gasteiger partial charge in [0.1, 0.15) is 11.5 Å². The molecule has 0 aliphatic heterocycles. The van der Waals surface area contributed by atoms with Gasteiger partial charge in [-0.1, -0.05) is 0 Å². The number of furan rings is 1. The second-order valence-corrected chi connectivity index (χ2v) is 4.34. The number of hydrogen-bond acceptors (Lipinski definition) is 3. The number of phenols is 1. The van der Waals surface area contributed by atoms with Crippen molar-refractivity contribution in [1.82, 2.24) is 0 Å². The minimum absolute atomic E-state index is 0.281. The Morgan fingerprint density at radius 2 is 2.12 bits per heavy atom. The molecule has 4 heteroatoms. The van der Waals surface area contributed by atoms with Crippen LogP contribution in [0.15, 0.2) is 39.4 Å². The van der Waals surface area contributed by atoms with Crippen LogP contribution in [0.4, 0.5) is 5.69 Å². The number of anilines is 1. The Labute approximate surface area is 102 Å². The third kappa shape index (κ3) is 2.58. The second-order valence-electron chi connectivity index (χ2n) is 3.56. The van der Waals surface area contributed by atoms with Crippen LogP contribution < -0.4 is 5.32 Å². The zero-order valence-corrected chi connectivity index (χ0v) is 10.4. The Hall–Kier alpha value is -1.42. The third-order valence-corrected chi connectivity index (χ3v) is 2.72. The first-order valence-electron chi connectivity index (χ1n) is 4.93. The van der Waals surface area contributed by atoms with E-state index in [1.54, 1.807) is 12.1 Å². The maximum Gasteiger partial charge on any atom is 0.169 e. The third-order valence-electron chi connectivity index (χ3n) is 2.29. The molecule has 2 N–H and O–H groups in total. The van der Waals surface area contributed by atoms with Crippen molar-refractivity contribution < 1.29 is 9.52 Å².